The van der Waals surface area contributed by atoms with Gasteiger partial charge in [-0.25, -0.2) is 0 Å². The fourth-order valence-electron chi connectivity index (χ4n) is 6.00. The van der Waals surface area contributed by atoms with Gasteiger partial charge in [-0.05, 0) is 85.7 Å². The molecule has 0 saturated heterocycles. The van der Waals surface area contributed by atoms with Crippen LogP contribution in [-0.2, 0) is 22.4 Å². The average Bonchev–Trinajstić information content (AvgIpc) is 3.51. The summed E-state index contributed by atoms with van der Waals surface area (Å²) in [5, 5.41) is 18.8. The molecule has 1 aromatic heterocycles. The first-order valence-electron chi connectivity index (χ1n) is 16.5. The molecule has 2 unspecified atom stereocenters. The highest BCUT2D eigenvalue weighted by Crippen LogP contribution is 2.42. The van der Waals surface area contributed by atoms with Crippen LogP contribution in [0.1, 0.15) is 56.8 Å². The molecule has 0 spiro atoms. The molecule has 6 rings (SSSR count). The number of amides is 3. The van der Waals surface area contributed by atoms with Crippen molar-refractivity contribution in [2.75, 3.05) is 17.7 Å². The van der Waals surface area contributed by atoms with Crippen molar-refractivity contribution in [1.82, 2.24) is 5.32 Å². The summed E-state index contributed by atoms with van der Waals surface area (Å²) in [4.78, 5) is 42.1. The molecule has 0 aliphatic heterocycles. The summed E-state index contributed by atoms with van der Waals surface area (Å²) in [7, 11) is 1.54. The third-order valence-corrected chi connectivity index (χ3v) is 10.9. The second-order valence-electron chi connectivity index (χ2n) is 12.0. The van der Waals surface area contributed by atoms with Crippen LogP contribution in [-0.4, -0.2) is 30.1 Å². The Morgan fingerprint density at radius 3 is 2.41 bits per heavy atom. The van der Waals surface area contributed by atoms with E-state index < -0.39 is 17.1 Å². The number of methoxy groups -OCH3 is 1. The number of para-hydroxylation sites is 1. The van der Waals surface area contributed by atoms with E-state index in [1.54, 1.807) is 60.7 Å². The maximum absolute atomic E-state index is 13.6. The van der Waals surface area contributed by atoms with Crippen LogP contribution in [0, 0.1) is 11.3 Å². The molecule has 51 heavy (non-hydrogen) atoms. The number of hydrogen-bond donors (Lipinski definition) is 3. The molecule has 8 nitrogen and oxygen atoms in total. The number of carbonyl (C=O) groups excluding carboxylic acids is 3. The molecule has 10 heteroatoms. The number of carbonyl (C=O) groups is 3. The molecule has 0 radical (unpaired) electrons. The standard InChI is InChI=1S/C41H36N4O4S2/c1-26(38(46)45-41-34(25-42)33-21-20-29(23-37(33)51-41)27-12-5-3-6-13-27)50-32-18-11-17-31(24-32)43-40(48)35(22-30-16-9-10-19-36(30)49-2)44-39(47)28-14-7-4-8-15-28/h3-19,22,24,26,29H,20-21,23H2,1-2H3,(H,43,48)(H,44,47)(H,45,46)/b35-22+. The maximum atomic E-state index is 13.6. The average molecular weight is 713 g/mol. The zero-order valence-corrected chi connectivity index (χ0v) is 29.8. The van der Waals surface area contributed by atoms with Crippen molar-refractivity contribution in [3.63, 3.8) is 0 Å². The Kier molecular flexibility index (Phi) is 11.3. The minimum atomic E-state index is -0.529. The van der Waals surface area contributed by atoms with E-state index in [-0.39, 0.29) is 11.6 Å². The molecule has 3 amide bonds. The normalized spacial score (nSPS) is 14.4. The molecule has 0 saturated carbocycles. The largest absolute Gasteiger partial charge is 0.496 e. The third kappa shape index (κ3) is 8.58. The van der Waals surface area contributed by atoms with Gasteiger partial charge in [-0.3, -0.25) is 14.4 Å². The van der Waals surface area contributed by atoms with Crippen molar-refractivity contribution in [1.29, 1.82) is 5.26 Å². The molecule has 3 N–H and O–H groups in total. The van der Waals surface area contributed by atoms with Gasteiger partial charge >= 0.3 is 0 Å². The van der Waals surface area contributed by atoms with E-state index in [0.29, 0.717) is 39.0 Å². The smallest absolute Gasteiger partial charge is 0.272 e. The highest BCUT2D eigenvalue weighted by molar-refractivity contribution is 8.00. The van der Waals surface area contributed by atoms with Gasteiger partial charge in [0.1, 0.15) is 22.5 Å². The summed E-state index contributed by atoms with van der Waals surface area (Å²) in [5.41, 5.74) is 4.45. The van der Waals surface area contributed by atoms with Crippen LogP contribution >= 0.6 is 23.1 Å². The van der Waals surface area contributed by atoms with Crippen LogP contribution in [0.25, 0.3) is 6.08 Å². The number of thioether (sulfide) groups is 1. The number of anilines is 2. The summed E-state index contributed by atoms with van der Waals surface area (Å²) in [5.74, 6) is -0.239. The fourth-order valence-corrected chi connectivity index (χ4v) is 8.21. The topological polar surface area (TPSA) is 120 Å². The molecule has 1 aliphatic carbocycles. The van der Waals surface area contributed by atoms with Gasteiger partial charge in [-0.15, -0.1) is 23.1 Å². The number of nitrogens with one attached hydrogen (secondary N) is 3. The van der Waals surface area contributed by atoms with E-state index >= 15 is 0 Å². The Hall–Kier alpha value is -5.63. The number of nitrogens with zero attached hydrogens (tertiary/aromatic N) is 1. The maximum Gasteiger partial charge on any atom is 0.272 e. The summed E-state index contributed by atoms with van der Waals surface area (Å²) in [6.07, 6.45) is 4.19. The van der Waals surface area contributed by atoms with Crippen molar-refractivity contribution in [2.45, 2.75) is 42.2 Å². The van der Waals surface area contributed by atoms with Crippen LogP contribution in [0.15, 0.2) is 120 Å². The molecule has 0 bridgehead atoms. The van der Waals surface area contributed by atoms with Gasteiger partial charge in [0, 0.05) is 26.6 Å². The zero-order chi connectivity index (χ0) is 35.7. The lowest BCUT2D eigenvalue weighted by Gasteiger charge is -2.22. The highest BCUT2D eigenvalue weighted by Gasteiger charge is 2.28. The van der Waals surface area contributed by atoms with Crippen LogP contribution in [0.2, 0.25) is 0 Å². The first kappa shape index (κ1) is 35.2. The number of thiophene rings is 1. The van der Waals surface area contributed by atoms with Crippen LogP contribution in [0.5, 0.6) is 5.75 Å². The molecule has 4 aromatic carbocycles. The van der Waals surface area contributed by atoms with Gasteiger partial charge in [0.2, 0.25) is 5.91 Å². The lowest BCUT2D eigenvalue weighted by Crippen LogP contribution is -2.30. The van der Waals surface area contributed by atoms with Crippen molar-refractivity contribution in [3.05, 3.63) is 148 Å². The number of benzene rings is 4. The molecular weight excluding hydrogens is 677 g/mol. The van der Waals surface area contributed by atoms with E-state index in [2.05, 4.69) is 46.3 Å². The lowest BCUT2D eigenvalue weighted by molar-refractivity contribution is -0.115. The Balaban J connectivity index is 1.14. The molecule has 5 aromatic rings. The van der Waals surface area contributed by atoms with Crippen molar-refractivity contribution in [2.24, 2.45) is 0 Å². The van der Waals surface area contributed by atoms with E-state index in [1.165, 1.54) is 35.8 Å². The van der Waals surface area contributed by atoms with Crippen LogP contribution in [0.4, 0.5) is 10.7 Å². The Labute approximate surface area is 305 Å². The Morgan fingerprint density at radius 1 is 0.941 bits per heavy atom. The van der Waals surface area contributed by atoms with Gasteiger partial charge < -0.3 is 20.7 Å². The van der Waals surface area contributed by atoms with E-state index in [0.717, 1.165) is 34.6 Å². The predicted octanol–water partition coefficient (Wildman–Crippen LogP) is 8.43. The van der Waals surface area contributed by atoms with Crippen molar-refractivity contribution < 1.29 is 19.1 Å². The number of hydrogen-bond acceptors (Lipinski definition) is 7. The summed E-state index contributed by atoms with van der Waals surface area (Å²) < 4.78 is 5.46. The predicted molar refractivity (Wildman–Crippen MR) is 204 cm³/mol. The van der Waals surface area contributed by atoms with Gasteiger partial charge in [-0.1, -0.05) is 72.8 Å². The molecular formula is C41H36N4O4S2. The van der Waals surface area contributed by atoms with E-state index in [9.17, 15) is 19.6 Å². The molecule has 2 atom stereocenters. The first-order valence-corrected chi connectivity index (χ1v) is 18.2. The lowest BCUT2D eigenvalue weighted by atomic mass is 9.83. The molecule has 0 fully saturated rings. The Morgan fingerprint density at radius 2 is 1.67 bits per heavy atom. The number of nitriles is 1. The highest BCUT2D eigenvalue weighted by atomic mass is 32.2. The van der Waals surface area contributed by atoms with Crippen molar-refractivity contribution >= 4 is 57.6 Å². The summed E-state index contributed by atoms with van der Waals surface area (Å²) in [6.45, 7) is 1.81. The van der Waals surface area contributed by atoms with Crippen molar-refractivity contribution in [3.8, 4) is 11.8 Å². The van der Waals surface area contributed by atoms with Gasteiger partial charge in [0.05, 0.1) is 17.9 Å². The SMILES string of the molecule is COc1ccccc1/C=C(/NC(=O)c1ccccc1)C(=O)Nc1cccc(SC(C)C(=O)Nc2sc3c(c2C#N)CCC(c2ccccc2)C3)c1. The number of ether oxygens (including phenoxy) is 1. The number of fused-ring (bicyclic) bond motifs is 1. The second kappa shape index (κ2) is 16.4. The summed E-state index contributed by atoms with van der Waals surface area (Å²) >= 11 is 2.84. The monoisotopic (exact) mass is 712 g/mol. The third-order valence-electron chi connectivity index (χ3n) is 8.63. The zero-order valence-electron chi connectivity index (χ0n) is 28.1. The Bertz CT molecular complexity index is 2120. The molecule has 256 valence electrons. The molecule has 1 aliphatic rings. The minimum Gasteiger partial charge on any atom is -0.496 e. The van der Waals surface area contributed by atoms with Gasteiger partial charge in [-0.2, -0.15) is 5.26 Å². The fraction of sp³-hybridized carbons (Fsp3) is 0.171. The molecule has 1 heterocycles. The van der Waals surface area contributed by atoms with E-state index in [1.807, 2.05) is 37.3 Å². The van der Waals surface area contributed by atoms with E-state index in [4.69, 9.17) is 4.74 Å². The quantitative estimate of drug-likeness (QED) is 0.0934. The minimum absolute atomic E-state index is 0.0289. The first-order chi connectivity index (χ1) is 24.8. The summed E-state index contributed by atoms with van der Waals surface area (Å²) in [6, 6.07) is 35.8. The van der Waals surface area contributed by atoms with Crippen LogP contribution < -0.4 is 20.7 Å². The van der Waals surface area contributed by atoms with Gasteiger partial charge in [0.25, 0.3) is 11.8 Å². The van der Waals surface area contributed by atoms with Gasteiger partial charge in [0.15, 0.2) is 0 Å². The second-order valence-corrected chi connectivity index (χ2v) is 14.5. The van der Waals surface area contributed by atoms with Crippen LogP contribution in [0.3, 0.4) is 0 Å². The number of rotatable bonds is 11.